The Morgan fingerprint density at radius 1 is 1.00 bits per heavy atom. The lowest BCUT2D eigenvalue weighted by Crippen LogP contribution is -2.42. The van der Waals surface area contributed by atoms with Crippen molar-refractivity contribution in [2.45, 2.75) is 44.9 Å². The van der Waals surface area contributed by atoms with Crippen molar-refractivity contribution in [2.24, 2.45) is 0 Å². The normalized spacial score (nSPS) is 20.4. The van der Waals surface area contributed by atoms with Gasteiger partial charge in [0, 0.05) is 26.2 Å². The van der Waals surface area contributed by atoms with Crippen LogP contribution in [0.1, 0.15) is 36.8 Å². The van der Waals surface area contributed by atoms with Gasteiger partial charge in [0.2, 0.25) is 5.91 Å². The van der Waals surface area contributed by atoms with E-state index in [1.165, 1.54) is 31.5 Å². The van der Waals surface area contributed by atoms with Crippen LogP contribution in [0.25, 0.3) is 0 Å². The summed E-state index contributed by atoms with van der Waals surface area (Å²) in [6.07, 6.45) is 3.99. The second-order valence-electron chi connectivity index (χ2n) is 7.08. The Bertz CT molecular complexity index is 518. The van der Waals surface area contributed by atoms with Crippen molar-refractivity contribution in [1.29, 1.82) is 0 Å². The summed E-state index contributed by atoms with van der Waals surface area (Å²) >= 11 is 0. The molecule has 0 saturated carbocycles. The number of rotatable bonds is 6. The van der Waals surface area contributed by atoms with E-state index in [1.807, 2.05) is 0 Å². The highest BCUT2D eigenvalue weighted by Crippen LogP contribution is 2.13. The molecule has 2 N–H and O–H groups in total. The number of aliphatic hydroxyl groups is 1. The summed E-state index contributed by atoms with van der Waals surface area (Å²) in [5.41, 5.74) is 2.49. The SMILES string of the molecule is O=C(CN1CCC(O)CC1)NCc1ccc(CN2CCCC2)cc1. The van der Waals surface area contributed by atoms with E-state index in [9.17, 15) is 9.90 Å². The first-order valence-corrected chi connectivity index (χ1v) is 9.16. The number of aliphatic hydroxyl groups excluding tert-OH is 1. The number of carbonyl (C=O) groups is 1. The van der Waals surface area contributed by atoms with Crippen LogP contribution in [0.3, 0.4) is 0 Å². The predicted molar refractivity (Wildman–Crippen MR) is 94.5 cm³/mol. The lowest BCUT2D eigenvalue weighted by Gasteiger charge is -2.28. The molecule has 3 rings (SSSR count). The van der Waals surface area contributed by atoms with Crippen LogP contribution >= 0.6 is 0 Å². The molecule has 2 heterocycles. The summed E-state index contributed by atoms with van der Waals surface area (Å²) < 4.78 is 0. The van der Waals surface area contributed by atoms with E-state index in [2.05, 4.69) is 39.4 Å². The highest BCUT2D eigenvalue weighted by molar-refractivity contribution is 5.78. The first-order valence-electron chi connectivity index (χ1n) is 9.16. The maximum atomic E-state index is 12.0. The van der Waals surface area contributed by atoms with Gasteiger partial charge in [0.1, 0.15) is 0 Å². The van der Waals surface area contributed by atoms with Crippen molar-refractivity contribution in [3.63, 3.8) is 0 Å². The number of likely N-dealkylation sites (tertiary alicyclic amines) is 2. The van der Waals surface area contributed by atoms with Crippen LogP contribution in [-0.2, 0) is 17.9 Å². The van der Waals surface area contributed by atoms with Gasteiger partial charge in [-0.1, -0.05) is 24.3 Å². The van der Waals surface area contributed by atoms with Crippen molar-refractivity contribution in [3.8, 4) is 0 Å². The fraction of sp³-hybridized carbons (Fsp3) is 0.632. The number of nitrogens with zero attached hydrogens (tertiary/aromatic N) is 2. The molecule has 0 spiro atoms. The molecule has 1 aromatic rings. The van der Waals surface area contributed by atoms with Gasteiger partial charge in [0.25, 0.3) is 0 Å². The first-order chi connectivity index (χ1) is 11.7. The largest absolute Gasteiger partial charge is 0.393 e. The van der Waals surface area contributed by atoms with E-state index in [4.69, 9.17) is 0 Å². The summed E-state index contributed by atoms with van der Waals surface area (Å²) in [6, 6.07) is 8.57. The fourth-order valence-corrected chi connectivity index (χ4v) is 3.50. The molecule has 0 atom stereocenters. The van der Waals surface area contributed by atoms with Gasteiger partial charge in [0.15, 0.2) is 0 Å². The van der Waals surface area contributed by atoms with E-state index in [1.54, 1.807) is 0 Å². The standard InChI is InChI=1S/C19H29N3O2/c23-18-7-11-22(12-8-18)15-19(24)20-13-16-3-5-17(6-4-16)14-21-9-1-2-10-21/h3-6,18,23H,1-2,7-15H2,(H,20,24). The van der Waals surface area contributed by atoms with E-state index >= 15 is 0 Å². The van der Waals surface area contributed by atoms with Gasteiger partial charge < -0.3 is 10.4 Å². The van der Waals surface area contributed by atoms with Crippen LogP contribution in [0.15, 0.2) is 24.3 Å². The molecule has 2 fully saturated rings. The van der Waals surface area contributed by atoms with Gasteiger partial charge in [-0.3, -0.25) is 14.6 Å². The second-order valence-corrected chi connectivity index (χ2v) is 7.08. The predicted octanol–water partition coefficient (Wildman–Crippen LogP) is 1.36. The third-order valence-corrected chi connectivity index (χ3v) is 5.04. The van der Waals surface area contributed by atoms with Crippen LogP contribution in [0.4, 0.5) is 0 Å². The molecule has 0 aliphatic carbocycles. The molecule has 2 saturated heterocycles. The zero-order valence-corrected chi connectivity index (χ0v) is 14.4. The average Bonchev–Trinajstić information content (AvgIpc) is 3.09. The second kappa shape index (κ2) is 8.60. The zero-order chi connectivity index (χ0) is 16.8. The van der Waals surface area contributed by atoms with Crippen LogP contribution < -0.4 is 5.32 Å². The molecular weight excluding hydrogens is 302 g/mol. The molecular formula is C19H29N3O2. The minimum absolute atomic E-state index is 0.0625. The van der Waals surface area contributed by atoms with E-state index in [0.29, 0.717) is 13.1 Å². The molecule has 0 bridgehead atoms. The molecule has 24 heavy (non-hydrogen) atoms. The Hall–Kier alpha value is -1.43. The number of nitrogens with one attached hydrogen (secondary N) is 1. The summed E-state index contributed by atoms with van der Waals surface area (Å²) in [4.78, 5) is 16.6. The number of hydrogen-bond acceptors (Lipinski definition) is 4. The van der Waals surface area contributed by atoms with Crippen molar-refractivity contribution in [3.05, 3.63) is 35.4 Å². The number of benzene rings is 1. The molecule has 0 unspecified atom stereocenters. The zero-order valence-electron chi connectivity index (χ0n) is 14.4. The summed E-state index contributed by atoms with van der Waals surface area (Å²) in [7, 11) is 0. The van der Waals surface area contributed by atoms with Gasteiger partial charge in [-0.2, -0.15) is 0 Å². The fourth-order valence-electron chi connectivity index (χ4n) is 3.50. The third-order valence-electron chi connectivity index (χ3n) is 5.04. The van der Waals surface area contributed by atoms with Gasteiger partial charge >= 0.3 is 0 Å². The number of hydrogen-bond donors (Lipinski definition) is 2. The molecule has 5 nitrogen and oxygen atoms in total. The smallest absolute Gasteiger partial charge is 0.234 e. The Labute approximate surface area is 144 Å². The van der Waals surface area contributed by atoms with Crippen LogP contribution in [0.5, 0.6) is 0 Å². The molecule has 5 heteroatoms. The van der Waals surface area contributed by atoms with Gasteiger partial charge in [-0.15, -0.1) is 0 Å². The monoisotopic (exact) mass is 331 g/mol. The summed E-state index contributed by atoms with van der Waals surface area (Å²) in [5.74, 6) is 0.0625. The van der Waals surface area contributed by atoms with Crippen molar-refractivity contribution in [2.75, 3.05) is 32.7 Å². The molecule has 1 amide bonds. The molecule has 1 aromatic carbocycles. The minimum Gasteiger partial charge on any atom is -0.393 e. The third kappa shape index (κ3) is 5.30. The highest BCUT2D eigenvalue weighted by Gasteiger charge is 2.18. The van der Waals surface area contributed by atoms with Gasteiger partial charge in [-0.25, -0.2) is 0 Å². The molecule has 0 radical (unpaired) electrons. The van der Waals surface area contributed by atoms with Crippen molar-refractivity contribution in [1.82, 2.24) is 15.1 Å². The Morgan fingerprint density at radius 3 is 2.29 bits per heavy atom. The topological polar surface area (TPSA) is 55.8 Å². The van der Waals surface area contributed by atoms with Gasteiger partial charge in [-0.05, 0) is 49.9 Å². The highest BCUT2D eigenvalue weighted by atomic mass is 16.3. The average molecular weight is 331 g/mol. The van der Waals surface area contributed by atoms with E-state index in [0.717, 1.165) is 38.0 Å². The molecule has 2 aliphatic heterocycles. The van der Waals surface area contributed by atoms with E-state index in [-0.39, 0.29) is 12.0 Å². The number of piperidine rings is 1. The van der Waals surface area contributed by atoms with E-state index < -0.39 is 0 Å². The summed E-state index contributed by atoms with van der Waals surface area (Å²) in [6.45, 7) is 6.09. The Balaban J connectivity index is 1.38. The molecule has 132 valence electrons. The quantitative estimate of drug-likeness (QED) is 0.826. The molecule has 2 aliphatic rings. The Morgan fingerprint density at radius 2 is 1.62 bits per heavy atom. The lowest BCUT2D eigenvalue weighted by molar-refractivity contribution is -0.122. The van der Waals surface area contributed by atoms with Gasteiger partial charge in [0.05, 0.1) is 12.6 Å². The summed E-state index contributed by atoms with van der Waals surface area (Å²) in [5, 5.41) is 12.5. The maximum Gasteiger partial charge on any atom is 0.234 e. The first kappa shape index (κ1) is 17.4. The maximum absolute atomic E-state index is 12.0. The van der Waals surface area contributed by atoms with Crippen LogP contribution in [-0.4, -0.2) is 59.6 Å². The van der Waals surface area contributed by atoms with Crippen molar-refractivity contribution < 1.29 is 9.90 Å². The minimum atomic E-state index is -0.191. The van der Waals surface area contributed by atoms with Crippen LogP contribution in [0, 0.1) is 0 Å². The number of carbonyl (C=O) groups excluding carboxylic acids is 1. The Kier molecular flexibility index (Phi) is 6.24. The number of amides is 1. The van der Waals surface area contributed by atoms with Crippen molar-refractivity contribution >= 4 is 5.91 Å². The molecule has 0 aromatic heterocycles. The van der Waals surface area contributed by atoms with Crippen LogP contribution in [0.2, 0.25) is 0 Å². The lowest BCUT2D eigenvalue weighted by atomic mass is 10.1.